The van der Waals surface area contributed by atoms with Crippen molar-refractivity contribution in [3.05, 3.63) is 66.2 Å². The molecule has 1 amide bonds. The van der Waals surface area contributed by atoms with Crippen molar-refractivity contribution in [2.75, 3.05) is 18.1 Å². The maximum absolute atomic E-state index is 12.8. The Morgan fingerprint density at radius 2 is 1.76 bits per heavy atom. The third kappa shape index (κ3) is 4.54. The summed E-state index contributed by atoms with van der Waals surface area (Å²) >= 11 is 0. The van der Waals surface area contributed by atoms with Crippen molar-refractivity contribution >= 4 is 23.1 Å². The largest absolute Gasteiger partial charge is 0.347 e. The van der Waals surface area contributed by atoms with Gasteiger partial charge in [-0.3, -0.25) is 19.5 Å². The number of hydrogen-bond acceptors (Lipinski definition) is 5. The molecule has 1 saturated heterocycles. The average Bonchev–Trinajstić information content (AvgIpc) is 3.37. The van der Waals surface area contributed by atoms with Crippen LogP contribution in [-0.2, 0) is 16.1 Å². The molecule has 0 aromatic heterocycles. The summed E-state index contributed by atoms with van der Waals surface area (Å²) in [6, 6.07) is 19.6. The summed E-state index contributed by atoms with van der Waals surface area (Å²) in [6.07, 6.45) is 1.26. The Morgan fingerprint density at radius 1 is 1.07 bits per heavy atom. The molecule has 4 rings (SSSR count). The van der Waals surface area contributed by atoms with Gasteiger partial charge in [-0.1, -0.05) is 48.5 Å². The van der Waals surface area contributed by atoms with Crippen molar-refractivity contribution in [1.29, 1.82) is 0 Å². The van der Waals surface area contributed by atoms with Crippen LogP contribution in [0.4, 0.5) is 5.69 Å². The zero-order chi connectivity index (χ0) is 20.2. The zero-order valence-electron chi connectivity index (χ0n) is 16.6. The molecule has 1 fully saturated rings. The molecule has 0 aliphatic carbocycles. The predicted molar refractivity (Wildman–Crippen MR) is 114 cm³/mol. The Kier molecular flexibility index (Phi) is 5.71. The molecule has 0 radical (unpaired) electrons. The van der Waals surface area contributed by atoms with Crippen LogP contribution >= 0.6 is 0 Å². The van der Waals surface area contributed by atoms with Gasteiger partial charge in [0, 0.05) is 32.1 Å². The van der Waals surface area contributed by atoms with E-state index in [1.54, 1.807) is 11.9 Å². The lowest BCUT2D eigenvalue weighted by Gasteiger charge is -2.20. The number of carbonyl (C=O) groups is 2. The van der Waals surface area contributed by atoms with Crippen LogP contribution in [-0.4, -0.2) is 47.5 Å². The molecule has 2 heterocycles. The van der Waals surface area contributed by atoms with E-state index in [-0.39, 0.29) is 17.7 Å². The van der Waals surface area contributed by atoms with Crippen LogP contribution in [0.15, 0.2) is 65.8 Å². The number of ketones is 1. The Bertz CT molecular complexity index is 898. The summed E-state index contributed by atoms with van der Waals surface area (Å²) in [4.78, 5) is 27.3. The van der Waals surface area contributed by atoms with Gasteiger partial charge in [0.05, 0.1) is 5.69 Å². The maximum atomic E-state index is 12.8. The monoisotopic (exact) mass is 390 g/mol. The second-order valence-corrected chi connectivity index (χ2v) is 7.74. The van der Waals surface area contributed by atoms with Crippen molar-refractivity contribution in [3.8, 4) is 0 Å². The van der Waals surface area contributed by atoms with E-state index in [0.29, 0.717) is 12.1 Å². The first-order valence-corrected chi connectivity index (χ1v) is 10.1. The van der Waals surface area contributed by atoms with Crippen molar-refractivity contribution in [3.63, 3.8) is 0 Å². The van der Waals surface area contributed by atoms with E-state index in [1.165, 1.54) is 5.56 Å². The van der Waals surface area contributed by atoms with Crippen LogP contribution < -0.4 is 10.3 Å². The van der Waals surface area contributed by atoms with Crippen molar-refractivity contribution in [2.24, 2.45) is 5.10 Å². The van der Waals surface area contributed by atoms with Gasteiger partial charge in [0.15, 0.2) is 5.78 Å². The number of nitrogens with zero attached hydrogens (tertiary/aromatic N) is 3. The number of nitrogens with one attached hydrogen (secondary N) is 1. The van der Waals surface area contributed by atoms with Crippen LogP contribution in [0.25, 0.3) is 0 Å². The van der Waals surface area contributed by atoms with E-state index in [2.05, 4.69) is 27.5 Å². The molecule has 1 N–H and O–H groups in total. The van der Waals surface area contributed by atoms with Gasteiger partial charge in [-0.05, 0) is 31.0 Å². The van der Waals surface area contributed by atoms with E-state index in [9.17, 15) is 9.59 Å². The summed E-state index contributed by atoms with van der Waals surface area (Å²) in [5.74, 6) is -0.156. The highest BCUT2D eigenvalue weighted by Gasteiger charge is 2.35. The number of anilines is 1. The van der Waals surface area contributed by atoms with E-state index in [0.717, 1.165) is 31.7 Å². The molecule has 0 saturated carbocycles. The van der Waals surface area contributed by atoms with Gasteiger partial charge in [-0.25, -0.2) is 0 Å². The summed E-state index contributed by atoms with van der Waals surface area (Å²) in [6.45, 7) is 4.22. The summed E-state index contributed by atoms with van der Waals surface area (Å²) in [5, 5.41) is 9.29. The third-order valence-corrected chi connectivity index (χ3v) is 5.52. The highest BCUT2D eigenvalue weighted by Crippen LogP contribution is 2.25. The summed E-state index contributed by atoms with van der Waals surface area (Å²) in [5.41, 5.74) is 2.53. The minimum atomic E-state index is -0.420. The Morgan fingerprint density at radius 3 is 2.45 bits per heavy atom. The second kappa shape index (κ2) is 8.57. The fourth-order valence-corrected chi connectivity index (χ4v) is 3.99. The molecule has 0 spiro atoms. The molecule has 2 atom stereocenters. The average molecular weight is 390 g/mol. The van der Waals surface area contributed by atoms with Crippen LogP contribution in [0.2, 0.25) is 0 Å². The third-order valence-electron chi connectivity index (χ3n) is 5.52. The van der Waals surface area contributed by atoms with Gasteiger partial charge in [0.25, 0.3) is 5.91 Å². The Labute approximate surface area is 171 Å². The number of rotatable bonds is 6. The first kappa shape index (κ1) is 19.3. The van der Waals surface area contributed by atoms with E-state index in [1.807, 2.05) is 48.5 Å². The smallest absolute Gasteiger partial charge is 0.267 e. The van der Waals surface area contributed by atoms with E-state index < -0.39 is 6.04 Å². The van der Waals surface area contributed by atoms with E-state index >= 15 is 0 Å². The van der Waals surface area contributed by atoms with Crippen LogP contribution in [0.5, 0.6) is 0 Å². The van der Waals surface area contributed by atoms with Crippen molar-refractivity contribution in [2.45, 2.75) is 38.4 Å². The Balaban J connectivity index is 1.38. The molecule has 6 heteroatoms. The fraction of sp³-hybridized carbons (Fsp3) is 0.348. The predicted octanol–water partition coefficient (Wildman–Crippen LogP) is 2.60. The molecule has 2 aromatic rings. The molecule has 150 valence electrons. The zero-order valence-corrected chi connectivity index (χ0v) is 16.6. The molecular formula is C23H26N4O2. The highest BCUT2D eigenvalue weighted by molar-refractivity contribution is 6.40. The van der Waals surface area contributed by atoms with Crippen LogP contribution in [0.1, 0.15) is 25.3 Å². The summed E-state index contributed by atoms with van der Waals surface area (Å²) in [7, 11) is 0. The maximum Gasteiger partial charge on any atom is 0.267 e. The van der Waals surface area contributed by atoms with Crippen LogP contribution in [0.3, 0.4) is 0 Å². The van der Waals surface area contributed by atoms with Gasteiger partial charge < -0.3 is 5.32 Å². The Hall–Kier alpha value is -2.99. The first-order chi connectivity index (χ1) is 14.1. The van der Waals surface area contributed by atoms with Crippen molar-refractivity contribution in [1.82, 2.24) is 10.2 Å². The van der Waals surface area contributed by atoms with Gasteiger partial charge in [0.1, 0.15) is 11.8 Å². The number of Topliss-reactive ketones (excluding diaryl/α,β-unsaturated/α-hetero) is 1. The van der Waals surface area contributed by atoms with Gasteiger partial charge in [0.2, 0.25) is 0 Å². The molecule has 2 aliphatic heterocycles. The first-order valence-electron chi connectivity index (χ1n) is 10.1. The topological polar surface area (TPSA) is 65.0 Å². The van der Waals surface area contributed by atoms with Gasteiger partial charge in [-0.15, -0.1) is 0 Å². The quantitative estimate of drug-likeness (QED) is 0.824. The molecule has 0 bridgehead atoms. The lowest BCUT2D eigenvalue weighted by atomic mass is 10.1. The highest BCUT2D eigenvalue weighted by atomic mass is 16.2. The molecular weight excluding hydrogens is 364 g/mol. The van der Waals surface area contributed by atoms with Gasteiger partial charge in [-0.2, -0.15) is 5.10 Å². The lowest BCUT2D eigenvalue weighted by Crippen LogP contribution is -2.41. The fourth-order valence-electron chi connectivity index (χ4n) is 3.99. The normalized spacial score (nSPS) is 21.8. The number of carbonyl (C=O) groups excluding carboxylic acids is 2. The number of hydrogen-bond donors (Lipinski definition) is 1. The standard InChI is InChI=1S/C23H26N4O2/c1-17(28)22-14-21(25-27(22)20-10-6-3-7-11-20)23(29)24-19-12-13-26(16-19)15-18-8-4-2-5-9-18/h2-11,19,22H,12-16H2,1H3,(H,24,29). The van der Waals surface area contributed by atoms with Crippen LogP contribution in [0, 0.1) is 0 Å². The minimum absolute atomic E-state index is 0.00954. The number of benzene rings is 2. The number of amides is 1. The van der Waals surface area contributed by atoms with Crippen molar-refractivity contribution < 1.29 is 9.59 Å². The SMILES string of the molecule is CC(=O)C1CC(C(=O)NC2CCN(Cc3ccccc3)C2)=NN1c1ccccc1. The molecule has 2 unspecified atom stereocenters. The molecule has 2 aliphatic rings. The molecule has 29 heavy (non-hydrogen) atoms. The molecule has 6 nitrogen and oxygen atoms in total. The molecule has 2 aromatic carbocycles. The van der Waals surface area contributed by atoms with E-state index in [4.69, 9.17) is 0 Å². The number of hydrazone groups is 1. The minimum Gasteiger partial charge on any atom is -0.347 e. The van der Waals surface area contributed by atoms with Gasteiger partial charge >= 0.3 is 0 Å². The lowest BCUT2D eigenvalue weighted by molar-refractivity contribution is -0.118. The number of para-hydroxylation sites is 1. The summed E-state index contributed by atoms with van der Waals surface area (Å²) < 4.78 is 0. The second-order valence-electron chi connectivity index (χ2n) is 7.74. The number of likely N-dealkylation sites (tertiary alicyclic amines) is 1.